The monoisotopic (exact) mass is 757 g/mol. The number of hydrogen-bond acceptors (Lipinski definition) is 4. The van der Waals surface area contributed by atoms with E-state index in [1.807, 2.05) is 36.4 Å². The molecule has 0 saturated heterocycles. The largest absolute Gasteiger partial charge is 0.322 e. The summed E-state index contributed by atoms with van der Waals surface area (Å²) in [5.41, 5.74) is 17.1. The van der Waals surface area contributed by atoms with Crippen molar-refractivity contribution in [3.8, 4) is 33.4 Å². The Morgan fingerprint density at radius 1 is 0.509 bits per heavy atom. The zero-order chi connectivity index (χ0) is 38.7. The first-order valence-corrected chi connectivity index (χ1v) is 21.4. The summed E-state index contributed by atoms with van der Waals surface area (Å²) < 4.78 is 12.3. The van der Waals surface area contributed by atoms with Crippen LogP contribution in [0.15, 0.2) is 194 Å². The van der Waals surface area contributed by atoms with Gasteiger partial charge in [0.15, 0.2) is 0 Å². The molecule has 3 unspecified atom stereocenters. The molecule has 4 N–H and O–H groups in total. The lowest BCUT2D eigenvalue weighted by Crippen LogP contribution is -2.39. The van der Waals surface area contributed by atoms with Gasteiger partial charge in [0, 0.05) is 11.8 Å². The summed E-state index contributed by atoms with van der Waals surface area (Å²) >= 11 is 0. The average molecular weight is 758 g/mol. The van der Waals surface area contributed by atoms with E-state index in [2.05, 4.69) is 168 Å². The summed E-state index contributed by atoms with van der Waals surface area (Å²) in [6, 6.07) is 68.6. The van der Waals surface area contributed by atoms with E-state index in [4.69, 9.17) is 5.73 Å². The van der Waals surface area contributed by atoms with Crippen LogP contribution in [-0.2, 0) is 11.1 Å². The molecule has 0 aliphatic rings. The summed E-state index contributed by atoms with van der Waals surface area (Å²) in [7, 11) is -1.78. The molecule has 0 aliphatic carbocycles. The van der Waals surface area contributed by atoms with E-state index in [1.165, 1.54) is 49.0 Å². The van der Waals surface area contributed by atoms with Gasteiger partial charge in [0.25, 0.3) is 0 Å². The van der Waals surface area contributed by atoms with Crippen molar-refractivity contribution in [2.75, 3.05) is 6.66 Å². The maximum absolute atomic E-state index is 12.3. The zero-order valence-electron chi connectivity index (χ0n) is 31.8. The van der Waals surface area contributed by atoms with Gasteiger partial charge in [-0.1, -0.05) is 182 Å². The summed E-state index contributed by atoms with van der Waals surface area (Å²) in [6.45, 7) is 2.40. The van der Waals surface area contributed by atoms with Gasteiger partial charge in [-0.05, 0) is 101 Å². The molecule has 0 saturated carbocycles. The van der Waals surface area contributed by atoms with Crippen molar-refractivity contribution in [2.45, 2.75) is 18.9 Å². The third-order valence-electron chi connectivity index (χ3n) is 11.1. The van der Waals surface area contributed by atoms with E-state index < -0.39 is 7.80 Å². The smallest absolute Gasteiger partial charge is 0.101 e. The maximum atomic E-state index is 12.3. The number of fused-ring (bicyclic) bond motifs is 4. The van der Waals surface area contributed by atoms with Gasteiger partial charge < -0.3 is 10.3 Å². The average Bonchev–Trinajstić information content (AvgIpc) is 3.27. The van der Waals surface area contributed by atoms with E-state index in [0.29, 0.717) is 6.54 Å². The lowest BCUT2D eigenvalue weighted by molar-refractivity contribution is 0.386. The predicted molar refractivity (Wildman–Crippen MR) is 242 cm³/mol. The first kappa shape index (κ1) is 36.5. The van der Waals surface area contributed by atoms with Crippen molar-refractivity contribution in [1.29, 1.82) is 0 Å². The first-order valence-electron chi connectivity index (χ1n) is 19.5. The van der Waals surface area contributed by atoms with Gasteiger partial charge in [-0.15, -0.1) is 0 Å². The number of benzene rings is 9. The van der Waals surface area contributed by atoms with E-state index in [1.54, 1.807) is 6.66 Å². The standard InChI is InChI=1S/C52H44N3OP/c1-57(56)43-22-13-21-42(33-43)41-20-12-14-35(32-41)34-54-52(55-51(53)39-18-6-3-7-19-39)40-28-26-38(27-29-40)48-45-24-10-11-25-46(45)49(37-16-4-2-5-17-37)50-44-23-9-8-15-36(44)30-31-47(48)50/h2-33,51-52,54-55,57H,34,53H2,1H3. The van der Waals surface area contributed by atoms with Crippen molar-refractivity contribution in [2.24, 2.45) is 5.73 Å². The molecule has 57 heavy (non-hydrogen) atoms. The van der Waals surface area contributed by atoms with Gasteiger partial charge in [0.1, 0.15) is 7.80 Å². The molecule has 5 heteroatoms. The van der Waals surface area contributed by atoms with Crippen LogP contribution in [0.5, 0.6) is 0 Å². The molecule has 0 spiro atoms. The fourth-order valence-electron chi connectivity index (χ4n) is 8.21. The van der Waals surface area contributed by atoms with Crippen molar-refractivity contribution in [3.05, 3.63) is 211 Å². The molecule has 3 atom stereocenters. The molecule has 0 aliphatic heterocycles. The molecule has 0 bridgehead atoms. The Morgan fingerprint density at radius 3 is 1.84 bits per heavy atom. The lowest BCUT2D eigenvalue weighted by atomic mass is 9.84. The normalized spacial score (nSPS) is 13.2. The highest BCUT2D eigenvalue weighted by atomic mass is 31.1. The van der Waals surface area contributed by atoms with Crippen LogP contribution in [0.4, 0.5) is 0 Å². The Bertz CT molecular complexity index is 2870. The molecule has 0 fully saturated rings. The van der Waals surface area contributed by atoms with Gasteiger partial charge >= 0.3 is 0 Å². The van der Waals surface area contributed by atoms with Crippen LogP contribution < -0.4 is 21.7 Å². The fraction of sp³-hybridized carbons (Fsp3) is 0.0769. The van der Waals surface area contributed by atoms with Gasteiger partial charge in [-0.3, -0.25) is 10.6 Å². The van der Waals surface area contributed by atoms with Crippen molar-refractivity contribution in [1.82, 2.24) is 10.6 Å². The second kappa shape index (κ2) is 16.2. The highest BCUT2D eigenvalue weighted by Crippen LogP contribution is 2.46. The molecule has 9 aromatic carbocycles. The Morgan fingerprint density at radius 2 is 1.11 bits per heavy atom. The van der Waals surface area contributed by atoms with Crippen LogP contribution in [-0.4, -0.2) is 6.66 Å². The van der Waals surface area contributed by atoms with Crippen LogP contribution in [0.3, 0.4) is 0 Å². The van der Waals surface area contributed by atoms with Gasteiger partial charge in [-0.2, -0.15) is 0 Å². The van der Waals surface area contributed by atoms with E-state index in [0.717, 1.165) is 38.7 Å². The molecule has 9 aromatic rings. The van der Waals surface area contributed by atoms with Crippen molar-refractivity contribution in [3.63, 3.8) is 0 Å². The molecule has 4 nitrogen and oxygen atoms in total. The SMILES string of the molecule is C[PH](=O)c1cccc(-c2cccc(CNC(NC(N)c3ccccc3)c3ccc(-c4c5ccccc5c(-c5ccccc5)c5c4ccc4ccccc45)cc3)c2)c1. The number of nitrogens with two attached hydrogens (primary N) is 1. The van der Waals surface area contributed by atoms with Gasteiger partial charge in [-0.25, -0.2) is 0 Å². The molecule has 0 radical (unpaired) electrons. The van der Waals surface area contributed by atoms with E-state index >= 15 is 0 Å². The van der Waals surface area contributed by atoms with E-state index in [-0.39, 0.29) is 12.3 Å². The molecule has 9 rings (SSSR count). The number of rotatable bonds is 11. The Hall–Kier alpha value is -6.13. The minimum atomic E-state index is -1.78. The predicted octanol–water partition coefficient (Wildman–Crippen LogP) is 12.0. The second-order valence-corrected chi connectivity index (χ2v) is 16.4. The van der Waals surface area contributed by atoms with Crippen molar-refractivity contribution >= 4 is 45.4 Å². The molecule has 0 heterocycles. The van der Waals surface area contributed by atoms with Crippen LogP contribution in [0.2, 0.25) is 0 Å². The summed E-state index contributed by atoms with van der Waals surface area (Å²) in [5, 5.41) is 15.8. The molecule has 0 aromatic heterocycles. The lowest BCUT2D eigenvalue weighted by Gasteiger charge is -2.26. The van der Waals surface area contributed by atoms with Crippen LogP contribution in [0.1, 0.15) is 29.0 Å². The van der Waals surface area contributed by atoms with Crippen LogP contribution in [0, 0.1) is 0 Å². The minimum absolute atomic E-state index is 0.246. The quantitative estimate of drug-likeness (QED) is 0.0532. The molecule has 278 valence electrons. The van der Waals surface area contributed by atoms with Crippen LogP contribution >= 0.6 is 7.80 Å². The summed E-state index contributed by atoms with van der Waals surface area (Å²) in [5.74, 6) is 0. The Balaban J connectivity index is 1.11. The zero-order valence-corrected chi connectivity index (χ0v) is 32.8. The van der Waals surface area contributed by atoms with Crippen LogP contribution in [0.25, 0.3) is 65.7 Å². The first-order chi connectivity index (χ1) is 28.0. The third-order valence-corrected chi connectivity index (χ3v) is 12.2. The maximum Gasteiger partial charge on any atom is 0.101 e. The Kier molecular flexibility index (Phi) is 10.3. The van der Waals surface area contributed by atoms with Gasteiger partial charge in [0.2, 0.25) is 0 Å². The molecular weight excluding hydrogens is 714 g/mol. The second-order valence-electron chi connectivity index (χ2n) is 14.7. The fourth-order valence-corrected chi connectivity index (χ4v) is 8.90. The van der Waals surface area contributed by atoms with E-state index in [9.17, 15) is 4.57 Å². The third kappa shape index (κ3) is 7.45. The van der Waals surface area contributed by atoms with Gasteiger partial charge in [0.05, 0.1) is 12.3 Å². The molecular formula is C52H44N3OP. The summed E-state index contributed by atoms with van der Waals surface area (Å²) in [6.07, 6.45) is -0.633. The number of hydrogen-bond donors (Lipinski definition) is 3. The van der Waals surface area contributed by atoms with Crippen molar-refractivity contribution < 1.29 is 4.57 Å². The number of nitrogens with one attached hydrogen (secondary N) is 2. The topological polar surface area (TPSA) is 67.2 Å². The molecule has 0 amide bonds. The minimum Gasteiger partial charge on any atom is -0.322 e. The Labute approximate surface area is 334 Å². The highest BCUT2D eigenvalue weighted by molar-refractivity contribution is 7.52. The summed E-state index contributed by atoms with van der Waals surface area (Å²) in [4.78, 5) is 0. The highest BCUT2D eigenvalue weighted by Gasteiger charge is 2.20.